The first-order valence-electron chi connectivity index (χ1n) is 4.51. The predicted molar refractivity (Wildman–Crippen MR) is 52.0 cm³/mol. The average Bonchev–Trinajstić information content (AvgIpc) is 2.62. The number of hydrogen-bond donors (Lipinski definition) is 0. The third-order valence-electron chi connectivity index (χ3n) is 2.26. The summed E-state index contributed by atoms with van der Waals surface area (Å²) in [6.07, 6.45) is 1.56. The molecule has 76 valence electrons. The normalized spacial score (nSPS) is 19.4. The number of carbonyl (C=O) groups is 1. The highest BCUT2D eigenvalue weighted by molar-refractivity contribution is 9.08. The molecule has 0 aromatic carbocycles. The zero-order valence-corrected chi connectivity index (χ0v) is 9.32. The van der Waals surface area contributed by atoms with Crippen LogP contribution < -0.4 is 0 Å². The molecule has 1 aromatic heterocycles. The second-order valence-corrected chi connectivity index (χ2v) is 3.75. The highest BCUT2D eigenvalue weighted by Gasteiger charge is 2.34. The van der Waals surface area contributed by atoms with E-state index in [0.717, 1.165) is 24.2 Å². The molecule has 2 rings (SSSR count). The molecule has 0 radical (unpaired) electrons. The van der Waals surface area contributed by atoms with Gasteiger partial charge in [0.1, 0.15) is 11.6 Å². The number of ether oxygens (including phenoxy) is 1. The zero-order valence-electron chi connectivity index (χ0n) is 7.73. The summed E-state index contributed by atoms with van der Waals surface area (Å²) < 4.78 is 6.28. The lowest BCUT2D eigenvalue weighted by atomic mass is 10.1. The van der Waals surface area contributed by atoms with Gasteiger partial charge in [0.15, 0.2) is 0 Å². The Labute approximate surface area is 89.8 Å². The van der Waals surface area contributed by atoms with Gasteiger partial charge in [-0.3, -0.25) is 4.79 Å². The number of halogens is 1. The Morgan fingerprint density at radius 1 is 1.71 bits per heavy atom. The van der Waals surface area contributed by atoms with Crippen molar-refractivity contribution in [1.29, 1.82) is 0 Å². The van der Waals surface area contributed by atoms with Crippen molar-refractivity contribution in [3.63, 3.8) is 0 Å². The molecule has 0 unspecified atom stereocenters. The maximum Gasteiger partial charge on any atom is 0.315 e. The van der Waals surface area contributed by atoms with E-state index < -0.39 is 0 Å². The molecule has 1 aliphatic rings. The van der Waals surface area contributed by atoms with Crippen LogP contribution in [0.3, 0.4) is 0 Å². The molecule has 5 nitrogen and oxygen atoms in total. The molecular formula is C8H10BrN3O2. The highest BCUT2D eigenvalue weighted by atomic mass is 79.9. The molecule has 1 aliphatic carbocycles. The molecule has 0 saturated carbocycles. The zero-order chi connectivity index (χ0) is 10.1. The molecule has 0 N–H and O–H groups in total. The first-order chi connectivity index (χ1) is 6.72. The molecule has 0 amide bonds. The van der Waals surface area contributed by atoms with Crippen molar-refractivity contribution in [3.8, 4) is 0 Å². The molecule has 0 bridgehead atoms. The quantitative estimate of drug-likeness (QED) is 0.745. The van der Waals surface area contributed by atoms with Gasteiger partial charge in [-0.15, -0.1) is 14.0 Å². The van der Waals surface area contributed by atoms with Gasteiger partial charge < -0.3 is 4.74 Å². The molecule has 0 fully saturated rings. The van der Waals surface area contributed by atoms with E-state index in [1.165, 1.54) is 3.82 Å². The van der Waals surface area contributed by atoms with Crippen LogP contribution in [0.2, 0.25) is 0 Å². The van der Waals surface area contributed by atoms with Crippen LogP contribution >= 0.6 is 16.1 Å². The van der Waals surface area contributed by atoms with E-state index in [9.17, 15) is 4.79 Å². The monoisotopic (exact) mass is 259 g/mol. The first kappa shape index (κ1) is 9.64. The molecule has 1 atom stereocenters. The number of nitrogens with zero attached hydrogens (tertiary/aromatic N) is 3. The molecule has 0 aliphatic heterocycles. The van der Waals surface area contributed by atoms with Gasteiger partial charge >= 0.3 is 5.97 Å². The van der Waals surface area contributed by atoms with Crippen LogP contribution in [-0.2, 0) is 16.0 Å². The molecule has 0 saturated heterocycles. The smallest absolute Gasteiger partial charge is 0.315 e. The molecule has 6 heteroatoms. The molecule has 1 heterocycles. The number of aryl methyl sites for hydroxylation is 1. The Hall–Kier alpha value is -0.910. The van der Waals surface area contributed by atoms with Crippen LogP contribution in [0.1, 0.15) is 30.7 Å². The number of hydrogen-bond acceptors (Lipinski definition) is 4. The van der Waals surface area contributed by atoms with Crippen molar-refractivity contribution in [2.24, 2.45) is 0 Å². The van der Waals surface area contributed by atoms with E-state index in [1.807, 2.05) is 0 Å². The lowest BCUT2D eigenvalue weighted by molar-refractivity contribution is -0.145. The third kappa shape index (κ3) is 1.54. The van der Waals surface area contributed by atoms with Crippen LogP contribution in [-0.4, -0.2) is 26.6 Å². The van der Waals surface area contributed by atoms with Crippen LogP contribution in [0, 0.1) is 0 Å². The van der Waals surface area contributed by atoms with Gasteiger partial charge in [-0.25, -0.2) is 0 Å². The summed E-state index contributed by atoms with van der Waals surface area (Å²) in [5.41, 5.74) is 1.64. The number of rotatable bonds is 2. The minimum absolute atomic E-state index is 0.195. The fourth-order valence-corrected chi connectivity index (χ4v) is 2.02. The van der Waals surface area contributed by atoms with E-state index in [2.05, 4.69) is 26.3 Å². The van der Waals surface area contributed by atoms with E-state index in [1.54, 1.807) is 6.92 Å². The van der Waals surface area contributed by atoms with Crippen molar-refractivity contribution >= 4 is 22.1 Å². The predicted octanol–water partition coefficient (Wildman–Crippen LogP) is 1.03. The maximum absolute atomic E-state index is 11.5. The molecule has 0 spiro atoms. The van der Waals surface area contributed by atoms with E-state index in [0.29, 0.717) is 6.61 Å². The van der Waals surface area contributed by atoms with Gasteiger partial charge in [0, 0.05) is 0 Å². The third-order valence-corrected chi connectivity index (χ3v) is 2.58. The van der Waals surface area contributed by atoms with Gasteiger partial charge in [-0.2, -0.15) is 0 Å². The lowest BCUT2D eigenvalue weighted by Gasteiger charge is -2.06. The largest absolute Gasteiger partial charge is 0.465 e. The fraction of sp³-hybridized carbons (Fsp3) is 0.625. The summed E-state index contributed by atoms with van der Waals surface area (Å²) in [6, 6.07) is 0. The Kier molecular flexibility index (Phi) is 2.54. The summed E-state index contributed by atoms with van der Waals surface area (Å²) in [5, 5.41) is 8.20. The standard InChI is InChI=1S/C8H10BrN3O2/c1-2-14-8(13)5-3-4-6-7(5)11-12(9)10-6/h5H,2-4H2,1H3/t5-/m0/s1. The minimum atomic E-state index is -0.226. The van der Waals surface area contributed by atoms with Crippen LogP contribution in [0.25, 0.3) is 0 Å². The second kappa shape index (κ2) is 3.68. The van der Waals surface area contributed by atoms with Gasteiger partial charge in [-0.1, -0.05) is 0 Å². The minimum Gasteiger partial charge on any atom is -0.465 e. The van der Waals surface area contributed by atoms with E-state index in [-0.39, 0.29) is 11.9 Å². The summed E-state index contributed by atoms with van der Waals surface area (Å²) in [5.74, 6) is -0.421. The van der Waals surface area contributed by atoms with Crippen molar-refractivity contribution in [3.05, 3.63) is 11.4 Å². The van der Waals surface area contributed by atoms with Crippen LogP contribution in [0.5, 0.6) is 0 Å². The van der Waals surface area contributed by atoms with Crippen molar-refractivity contribution < 1.29 is 9.53 Å². The molecule has 14 heavy (non-hydrogen) atoms. The number of esters is 1. The highest BCUT2D eigenvalue weighted by Crippen LogP contribution is 2.31. The van der Waals surface area contributed by atoms with Crippen molar-refractivity contribution in [2.45, 2.75) is 25.7 Å². The van der Waals surface area contributed by atoms with Gasteiger partial charge in [0.2, 0.25) is 0 Å². The summed E-state index contributed by atoms with van der Waals surface area (Å²) in [4.78, 5) is 11.5. The van der Waals surface area contributed by atoms with Crippen molar-refractivity contribution in [2.75, 3.05) is 6.61 Å². The fourth-order valence-electron chi connectivity index (χ4n) is 1.66. The number of carbonyl (C=O) groups excluding carboxylic acids is 1. The maximum atomic E-state index is 11.5. The summed E-state index contributed by atoms with van der Waals surface area (Å²) in [7, 11) is 0. The lowest BCUT2D eigenvalue weighted by Crippen LogP contribution is -2.14. The topological polar surface area (TPSA) is 57.0 Å². The Bertz CT molecular complexity index is 363. The summed E-state index contributed by atoms with van der Waals surface area (Å²) in [6.45, 7) is 2.21. The number of fused-ring (bicyclic) bond motifs is 1. The van der Waals surface area contributed by atoms with E-state index in [4.69, 9.17) is 4.74 Å². The van der Waals surface area contributed by atoms with E-state index >= 15 is 0 Å². The van der Waals surface area contributed by atoms with Crippen LogP contribution in [0.4, 0.5) is 0 Å². The van der Waals surface area contributed by atoms with Gasteiger partial charge in [0.05, 0.1) is 28.4 Å². The van der Waals surface area contributed by atoms with Crippen LogP contribution in [0.15, 0.2) is 0 Å². The Morgan fingerprint density at radius 3 is 3.21 bits per heavy atom. The molecule has 1 aromatic rings. The van der Waals surface area contributed by atoms with Gasteiger partial charge in [0.25, 0.3) is 0 Å². The summed E-state index contributed by atoms with van der Waals surface area (Å²) >= 11 is 3.12. The van der Waals surface area contributed by atoms with Crippen molar-refractivity contribution in [1.82, 2.24) is 14.0 Å². The average molecular weight is 260 g/mol. The Balaban J connectivity index is 2.20. The number of aromatic nitrogens is 3. The van der Waals surface area contributed by atoms with Gasteiger partial charge in [-0.05, 0) is 19.8 Å². The second-order valence-electron chi connectivity index (χ2n) is 3.12. The Morgan fingerprint density at radius 2 is 2.50 bits per heavy atom. The SMILES string of the molecule is CCOC(=O)[C@H]1CCc2nn(Br)nc21. The molecular weight excluding hydrogens is 250 g/mol. The first-order valence-corrected chi connectivity index (χ1v) is 5.22.